The number of esters is 1. The van der Waals surface area contributed by atoms with E-state index in [1.54, 1.807) is 0 Å². The van der Waals surface area contributed by atoms with Crippen molar-refractivity contribution >= 4 is 12.3 Å². The molecule has 2 aromatic heterocycles. The number of piperidine rings is 1. The van der Waals surface area contributed by atoms with Gasteiger partial charge >= 0.3 is 5.97 Å². The van der Waals surface area contributed by atoms with Gasteiger partial charge in [0.2, 0.25) is 11.9 Å². The Balaban J connectivity index is 0.000000261. The van der Waals surface area contributed by atoms with Crippen LogP contribution in [-0.2, 0) is 16.1 Å². The van der Waals surface area contributed by atoms with Gasteiger partial charge in [0.05, 0.1) is 12.5 Å². The quantitative estimate of drug-likeness (QED) is 0.443. The minimum Gasteiger partial charge on any atom is -0.466 e. The van der Waals surface area contributed by atoms with E-state index in [9.17, 15) is 18.4 Å². The summed E-state index contributed by atoms with van der Waals surface area (Å²) in [5.41, 5.74) is 1.23. The molecule has 0 saturated carbocycles. The first-order valence-electron chi connectivity index (χ1n) is 9.08. The van der Waals surface area contributed by atoms with Crippen LogP contribution in [-0.4, -0.2) is 46.8 Å². The normalized spacial score (nSPS) is 14.7. The second kappa shape index (κ2) is 11.2. The van der Waals surface area contributed by atoms with Crippen molar-refractivity contribution in [1.82, 2.24) is 14.9 Å². The topological polar surface area (TPSA) is 72.4 Å². The number of rotatable bonds is 5. The average Bonchev–Trinajstić information content (AvgIpc) is 2.69. The van der Waals surface area contributed by atoms with Gasteiger partial charge < -0.3 is 4.74 Å². The van der Waals surface area contributed by atoms with E-state index in [1.807, 2.05) is 13.0 Å². The number of carbonyl (C=O) groups is 2. The maximum Gasteiger partial charge on any atom is 0.309 e. The number of carbonyl (C=O) groups excluding carboxylic acids is 2. The number of aromatic nitrogens is 2. The lowest BCUT2D eigenvalue weighted by Gasteiger charge is -2.30. The predicted molar refractivity (Wildman–Crippen MR) is 98.4 cm³/mol. The van der Waals surface area contributed by atoms with Crippen molar-refractivity contribution in [1.29, 1.82) is 0 Å². The van der Waals surface area contributed by atoms with Crippen LogP contribution in [0.1, 0.15) is 35.7 Å². The van der Waals surface area contributed by atoms with E-state index >= 15 is 0 Å². The van der Waals surface area contributed by atoms with E-state index in [2.05, 4.69) is 14.9 Å². The number of aldehydes is 1. The predicted octanol–water partition coefficient (Wildman–Crippen LogP) is 3.03. The van der Waals surface area contributed by atoms with Crippen LogP contribution in [0.5, 0.6) is 0 Å². The van der Waals surface area contributed by atoms with Crippen LogP contribution in [0, 0.1) is 17.8 Å². The van der Waals surface area contributed by atoms with Crippen LogP contribution < -0.4 is 0 Å². The lowest BCUT2D eigenvalue weighted by molar-refractivity contribution is -0.149. The van der Waals surface area contributed by atoms with Crippen LogP contribution in [0.2, 0.25) is 0 Å². The Morgan fingerprint density at radius 1 is 1.18 bits per heavy atom. The van der Waals surface area contributed by atoms with Gasteiger partial charge in [-0.15, -0.1) is 0 Å². The standard InChI is InChI=1S/C14H19FN2O2.C6H4FNO/c1-2-19-14(18)12-4-7-17(8-5-12)10-11-3-6-16-13(15)9-11;7-6-3-5(4-9)1-2-8-6/h3,6,9,12H,2,4-5,7-8,10H2,1H3;1-4H. The summed E-state index contributed by atoms with van der Waals surface area (Å²) in [6.07, 6.45) is 4.93. The summed E-state index contributed by atoms with van der Waals surface area (Å²) < 4.78 is 30.1. The van der Waals surface area contributed by atoms with E-state index in [1.165, 1.54) is 24.5 Å². The van der Waals surface area contributed by atoms with E-state index < -0.39 is 11.9 Å². The molecule has 8 heteroatoms. The van der Waals surface area contributed by atoms with Crippen molar-refractivity contribution < 1.29 is 23.1 Å². The van der Waals surface area contributed by atoms with Crippen LogP contribution in [0.25, 0.3) is 0 Å². The number of likely N-dealkylation sites (tertiary alicyclic amines) is 1. The summed E-state index contributed by atoms with van der Waals surface area (Å²) in [6, 6.07) is 5.79. The Morgan fingerprint density at radius 2 is 1.82 bits per heavy atom. The first kappa shape index (κ1) is 21.6. The van der Waals surface area contributed by atoms with Crippen LogP contribution in [0.4, 0.5) is 8.78 Å². The van der Waals surface area contributed by atoms with Crippen LogP contribution in [0.15, 0.2) is 36.7 Å². The monoisotopic (exact) mass is 391 g/mol. The maximum absolute atomic E-state index is 13.0. The van der Waals surface area contributed by atoms with Crippen molar-refractivity contribution in [3.63, 3.8) is 0 Å². The molecule has 0 atom stereocenters. The van der Waals surface area contributed by atoms with E-state index in [4.69, 9.17) is 4.74 Å². The molecule has 0 unspecified atom stereocenters. The Labute approximate surface area is 162 Å². The van der Waals surface area contributed by atoms with Gasteiger partial charge in [-0.2, -0.15) is 8.78 Å². The molecule has 1 aliphatic rings. The Hall–Kier alpha value is -2.74. The van der Waals surface area contributed by atoms with Gasteiger partial charge in [-0.25, -0.2) is 9.97 Å². The van der Waals surface area contributed by atoms with E-state index in [0.29, 0.717) is 25.0 Å². The van der Waals surface area contributed by atoms with Gasteiger partial charge in [-0.1, -0.05) is 0 Å². The van der Waals surface area contributed by atoms with Crippen molar-refractivity contribution in [2.75, 3.05) is 19.7 Å². The molecule has 0 spiro atoms. The third-order valence-electron chi connectivity index (χ3n) is 4.29. The summed E-state index contributed by atoms with van der Waals surface area (Å²) in [5, 5.41) is 0. The van der Waals surface area contributed by atoms with Crippen LogP contribution >= 0.6 is 0 Å². The van der Waals surface area contributed by atoms with Gasteiger partial charge in [-0.3, -0.25) is 14.5 Å². The second-order valence-corrected chi connectivity index (χ2v) is 6.32. The molecule has 0 bridgehead atoms. The molecule has 3 heterocycles. The zero-order valence-corrected chi connectivity index (χ0v) is 15.7. The Morgan fingerprint density at radius 3 is 2.36 bits per heavy atom. The SMILES string of the molecule is CCOC(=O)C1CCN(Cc2ccnc(F)c2)CC1.O=Cc1ccnc(F)c1. The van der Waals surface area contributed by atoms with Crippen molar-refractivity contribution in [2.45, 2.75) is 26.3 Å². The zero-order valence-electron chi connectivity index (χ0n) is 15.7. The number of halogens is 2. The zero-order chi connectivity index (χ0) is 20.4. The smallest absolute Gasteiger partial charge is 0.309 e. The third kappa shape index (κ3) is 7.11. The molecule has 1 fully saturated rings. The molecule has 1 aliphatic heterocycles. The molecule has 150 valence electrons. The molecular formula is C20H23F2N3O3. The van der Waals surface area contributed by atoms with Gasteiger partial charge in [-0.05, 0) is 56.6 Å². The molecule has 2 aromatic rings. The maximum atomic E-state index is 13.0. The first-order chi connectivity index (χ1) is 13.5. The highest BCUT2D eigenvalue weighted by Gasteiger charge is 2.25. The molecule has 28 heavy (non-hydrogen) atoms. The number of hydrogen-bond donors (Lipinski definition) is 0. The average molecular weight is 391 g/mol. The highest BCUT2D eigenvalue weighted by atomic mass is 19.1. The molecular weight excluding hydrogens is 368 g/mol. The minimum atomic E-state index is -0.625. The fourth-order valence-electron chi connectivity index (χ4n) is 2.88. The molecule has 0 amide bonds. The van der Waals surface area contributed by atoms with Gasteiger partial charge in [0.15, 0.2) is 0 Å². The summed E-state index contributed by atoms with van der Waals surface area (Å²) in [7, 11) is 0. The lowest BCUT2D eigenvalue weighted by Crippen LogP contribution is -2.36. The number of hydrogen-bond acceptors (Lipinski definition) is 6. The lowest BCUT2D eigenvalue weighted by atomic mass is 9.97. The number of nitrogens with zero attached hydrogens (tertiary/aromatic N) is 3. The van der Waals surface area contributed by atoms with Gasteiger partial charge in [0.1, 0.15) is 6.29 Å². The van der Waals surface area contributed by atoms with Crippen molar-refractivity contribution in [3.05, 3.63) is 59.7 Å². The number of ether oxygens (including phenoxy) is 1. The largest absolute Gasteiger partial charge is 0.466 e. The fraction of sp³-hybridized carbons (Fsp3) is 0.400. The molecule has 1 saturated heterocycles. The summed E-state index contributed by atoms with van der Waals surface area (Å²) in [4.78, 5) is 30.6. The van der Waals surface area contributed by atoms with Crippen LogP contribution in [0.3, 0.4) is 0 Å². The molecule has 3 rings (SSSR count). The highest BCUT2D eigenvalue weighted by molar-refractivity contribution is 5.74. The van der Waals surface area contributed by atoms with Gasteiger partial charge in [0.25, 0.3) is 0 Å². The minimum absolute atomic E-state index is 0.0189. The first-order valence-corrected chi connectivity index (χ1v) is 9.08. The Bertz CT molecular complexity index is 781. The van der Waals surface area contributed by atoms with E-state index in [-0.39, 0.29) is 11.9 Å². The molecule has 0 aromatic carbocycles. The molecule has 6 nitrogen and oxygen atoms in total. The summed E-state index contributed by atoms with van der Waals surface area (Å²) in [6.45, 7) is 4.65. The molecule has 0 radical (unpaired) electrons. The second-order valence-electron chi connectivity index (χ2n) is 6.32. The van der Waals surface area contributed by atoms with E-state index in [0.717, 1.165) is 37.6 Å². The summed E-state index contributed by atoms with van der Waals surface area (Å²) >= 11 is 0. The molecule has 0 N–H and O–H groups in total. The molecule has 0 aliphatic carbocycles. The highest BCUT2D eigenvalue weighted by Crippen LogP contribution is 2.20. The third-order valence-corrected chi connectivity index (χ3v) is 4.29. The van der Waals surface area contributed by atoms with Gasteiger partial charge in [0, 0.05) is 30.6 Å². The number of pyridine rings is 2. The van der Waals surface area contributed by atoms with Crippen molar-refractivity contribution in [2.24, 2.45) is 5.92 Å². The Kier molecular flexibility index (Phi) is 8.61. The summed E-state index contributed by atoms with van der Waals surface area (Å²) in [5.74, 6) is -1.14. The van der Waals surface area contributed by atoms with Crippen molar-refractivity contribution in [3.8, 4) is 0 Å². The fourth-order valence-corrected chi connectivity index (χ4v) is 2.88.